The van der Waals surface area contributed by atoms with Crippen molar-refractivity contribution in [2.24, 2.45) is 7.05 Å². The van der Waals surface area contributed by atoms with Crippen molar-refractivity contribution in [3.63, 3.8) is 0 Å². The van der Waals surface area contributed by atoms with Crippen molar-refractivity contribution in [2.75, 3.05) is 11.9 Å². The molecule has 0 unspecified atom stereocenters. The van der Waals surface area contributed by atoms with Crippen LogP contribution in [0.4, 0.5) is 0 Å². The number of halogens is 1. The Labute approximate surface area is 129 Å². The van der Waals surface area contributed by atoms with E-state index in [1.807, 2.05) is 13.2 Å². The molecule has 1 saturated carbocycles. The Hall–Kier alpha value is -0.840. The molecule has 0 aromatic carbocycles. The number of alkyl halides is 1. The van der Waals surface area contributed by atoms with Crippen LogP contribution in [0.2, 0.25) is 0 Å². The average molecular weight is 342 g/mol. The zero-order valence-electron chi connectivity index (χ0n) is 12.4. The van der Waals surface area contributed by atoms with Crippen LogP contribution in [0.5, 0.6) is 0 Å². The van der Waals surface area contributed by atoms with Gasteiger partial charge in [0.1, 0.15) is 0 Å². The Kier molecular flexibility index (Phi) is 5.64. The zero-order chi connectivity index (χ0) is 14.5. The van der Waals surface area contributed by atoms with Crippen molar-refractivity contribution < 1.29 is 4.79 Å². The van der Waals surface area contributed by atoms with Gasteiger partial charge in [-0.2, -0.15) is 5.10 Å². The molecule has 112 valence electrons. The maximum atomic E-state index is 12.9. The number of carbonyl (C=O) groups is 1. The molecule has 20 heavy (non-hydrogen) atoms. The highest BCUT2D eigenvalue weighted by molar-refractivity contribution is 9.09. The van der Waals surface area contributed by atoms with Crippen molar-refractivity contribution >= 4 is 21.8 Å². The summed E-state index contributed by atoms with van der Waals surface area (Å²) in [6, 6.07) is 0.402. The van der Waals surface area contributed by atoms with Crippen LogP contribution >= 0.6 is 15.9 Å². The van der Waals surface area contributed by atoms with Gasteiger partial charge >= 0.3 is 0 Å². The van der Waals surface area contributed by atoms with E-state index >= 15 is 0 Å². The molecule has 0 aliphatic heterocycles. The Morgan fingerprint density at radius 3 is 2.75 bits per heavy atom. The monoisotopic (exact) mass is 341 g/mol. The number of aryl methyl sites for hydroxylation is 2. The summed E-state index contributed by atoms with van der Waals surface area (Å²) in [5.41, 5.74) is 1.69. The Morgan fingerprint density at radius 2 is 2.15 bits per heavy atom. The molecule has 0 spiro atoms. The van der Waals surface area contributed by atoms with Crippen molar-refractivity contribution in [2.45, 2.75) is 51.5 Å². The number of carbonyl (C=O) groups excluding carboxylic acids is 1. The molecule has 4 nitrogen and oxygen atoms in total. The molecule has 0 bridgehead atoms. The van der Waals surface area contributed by atoms with E-state index in [9.17, 15) is 4.79 Å². The molecule has 1 aromatic heterocycles. The lowest BCUT2D eigenvalue weighted by Crippen LogP contribution is -2.42. The van der Waals surface area contributed by atoms with Crippen molar-refractivity contribution in [3.8, 4) is 0 Å². The SMILES string of the molecule is CCc1nn(C)cc1C(=O)N(CCBr)C1CCCCC1. The van der Waals surface area contributed by atoms with Crippen LogP contribution in [0.15, 0.2) is 6.20 Å². The Bertz CT molecular complexity index is 452. The highest BCUT2D eigenvalue weighted by Crippen LogP contribution is 2.24. The van der Waals surface area contributed by atoms with E-state index in [0.717, 1.165) is 42.4 Å². The highest BCUT2D eigenvalue weighted by Gasteiger charge is 2.27. The Balaban J connectivity index is 2.20. The van der Waals surface area contributed by atoms with E-state index < -0.39 is 0 Å². The third-order valence-electron chi connectivity index (χ3n) is 4.07. The molecular weight excluding hydrogens is 318 g/mol. The van der Waals surface area contributed by atoms with Crippen molar-refractivity contribution in [1.29, 1.82) is 0 Å². The van der Waals surface area contributed by atoms with E-state index in [0.29, 0.717) is 6.04 Å². The number of nitrogens with zero attached hydrogens (tertiary/aromatic N) is 3. The fourth-order valence-electron chi connectivity index (χ4n) is 3.06. The maximum absolute atomic E-state index is 12.9. The predicted octanol–water partition coefficient (Wildman–Crippen LogP) is 3.15. The van der Waals surface area contributed by atoms with Crippen LogP contribution in [0, 0.1) is 0 Å². The van der Waals surface area contributed by atoms with Crippen LogP contribution in [-0.4, -0.2) is 38.5 Å². The van der Waals surface area contributed by atoms with Gasteiger partial charge in [0.15, 0.2) is 0 Å². The summed E-state index contributed by atoms with van der Waals surface area (Å²) >= 11 is 3.48. The minimum Gasteiger partial charge on any atom is -0.335 e. The summed E-state index contributed by atoms with van der Waals surface area (Å²) in [7, 11) is 1.88. The lowest BCUT2D eigenvalue weighted by molar-refractivity contribution is 0.0650. The molecule has 0 N–H and O–H groups in total. The largest absolute Gasteiger partial charge is 0.335 e. The minimum atomic E-state index is 0.154. The van der Waals surface area contributed by atoms with E-state index in [2.05, 4.69) is 32.9 Å². The van der Waals surface area contributed by atoms with Gasteiger partial charge in [0.05, 0.1) is 11.3 Å². The standard InChI is InChI=1S/C15H24BrN3O/c1-3-14-13(11-18(2)17-14)15(20)19(10-9-16)12-7-5-4-6-8-12/h11-12H,3-10H2,1-2H3. The summed E-state index contributed by atoms with van der Waals surface area (Å²) in [6.07, 6.45) is 8.73. The molecule has 1 aliphatic rings. The fraction of sp³-hybridized carbons (Fsp3) is 0.733. The maximum Gasteiger partial charge on any atom is 0.257 e. The molecule has 0 atom stereocenters. The van der Waals surface area contributed by atoms with Crippen LogP contribution < -0.4 is 0 Å². The summed E-state index contributed by atoms with van der Waals surface area (Å²) < 4.78 is 1.75. The van der Waals surface area contributed by atoms with E-state index in [1.54, 1.807) is 4.68 Å². The first-order chi connectivity index (χ1) is 9.67. The summed E-state index contributed by atoms with van der Waals surface area (Å²) in [4.78, 5) is 14.9. The molecule has 0 radical (unpaired) electrons. The van der Waals surface area contributed by atoms with Gasteiger partial charge in [-0.25, -0.2) is 0 Å². The van der Waals surface area contributed by atoms with E-state index in [4.69, 9.17) is 0 Å². The molecule has 5 heteroatoms. The Morgan fingerprint density at radius 1 is 1.45 bits per heavy atom. The smallest absolute Gasteiger partial charge is 0.257 e. The fourth-order valence-corrected chi connectivity index (χ4v) is 3.44. The molecule has 1 aliphatic carbocycles. The van der Waals surface area contributed by atoms with Gasteiger partial charge in [-0.3, -0.25) is 9.48 Å². The quantitative estimate of drug-likeness (QED) is 0.771. The molecule has 2 rings (SSSR count). The van der Waals surface area contributed by atoms with E-state index in [1.165, 1.54) is 19.3 Å². The first-order valence-electron chi connectivity index (χ1n) is 7.56. The van der Waals surface area contributed by atoms with Gasteiger partial charge in [-0.1, -0.05) is 42.1 Å². The lowest BCUT2D eigenvalue weighted by Gasteiger charge is -2.34. The molecule has 1 aromatic rings. The highest BCUT2D eigenvalue weighted by atomic mass is 79.9. The first-order valence-corrected chi connectivity index (χ1v) is 8.69. The first kappa shape index (κ1) is 15.5. The number of aromatic nitrogens is 2. The van der Waals surface area contributed by atoms with Crippen molar-refractivity contribution in [1.82, 2.24) is 14.7 Å². The minimum absolute atomic E-state index is 0.154. The van der Waals surface area contributed by atoms with Gasteiger partial charge in [0.25, 0.3) is 5.91 Å². The number of rotatable bonds is 5. The molecule has 1 fully saturated rings. The second kappa shape index (κ2) is 7.25. The van der Waals surface area contributed by atoms with Gasteiger partial charge in [-0.15, -0.1) is 0 Å². The van der Waals surface area contributed by atoms with Crippen LogP contribution in [0.25, 0.3) is 0 Å². The van der Waals surface area contributed by atoms with Gasteiger partial charge in [0, 0.05) is 31.2 Å². The van der Waals surface area contributed by atoms with E-state index in [-0.39, 0.29) is 5.91 Å². The van der Waals surface area contributed by atoms with Crippen LogP contribution in [0.3, 0.4) is 0 Å². The van der Waals surface area contributed by atoms with Crippen LogP contribution in [-0.2, 0) is 13.5 Å². The summed E-state index contributed by atoms with van der Waals surface area (Å²) in [5, 5.41) is 5.23. The number of hydrogen-bond donors (Lipinski definition) is 0. The van der Waals surface area contributed by atoms with Gasteiger partial charge < -0.3 is 4.90 Å². The second-order valence-electron chi connectivity index (χ2n) is 5.50. The normalized spacial score (nSPS) is 16.4. The van der Waals surface area contributed by atoms with Crippen molar-refractivity contribution in [3.05, 3.63) is 17.5 Å². The van der Waals surface area contributed by atoms with Crippen LogP contribution in [0.1, 0.15) is 55.1 Å². The second-order valence-corrected chi connectivity index (χ2v) is 6.29. The molecule has 1 amide bonds. The van der Waals surface area contributed by atoms with Gasteiger partial charge in [-0.05, 0) is 19.3 Å². The lowest BCUT2D eigenvalue weighted by atomic mass is 9.93. The molecule has 1 heterocycles. The zero-order valence-corrected chi connectivity index (χ0v) is 14.0. The number of amides is 1. The summed E-state index contributed by atoms with van der Waals surface area (Å²) in [5.74, 6) is 0.154. The topological polar surface area (TPSA) is 38.1 Å². The third-order valence-corrected chi connectivity index (χ3v) is 4.43. The molecule has 0 saturated heterocycles. The average Bonchev–Trinajstić information content (AvgIpc) is 2.86. The third kappa shape index (κ3) is 3.43. The summed E-state index contributed by atoms with van der Waals surface area (Å²) in [6.45, 7) is 2.83. The predicted molar refractivity (Wildman–Crippen MR) is 84.3 cm³/mol. The van der Waals surface area contributed by atoms with Gasteiger partial charge in [0.2, 0.25) is 0 Å². The number of hydrogen-bond acceptors (Lipinski definition) is 2. The molecular formula is C15H24BrN3O.